The molecule has 0 saturated heterocycles. The molecule has 1 N–H and O–H groups in total. The zero-order valence-corrected chi connectivity index (χ0v) is 23.8. The monoisotopic (exact) mass is 542 g/mol. The predicted molar refractivity (Wildman–Crippen MR) is 147 cm³/mol. The van der Waals surface area contributed by atoms with Gasteiger partial charge in [-0.15, -0.1) is 21.5 Å². The van der Waals surface area contributed by atoms with E-state index in [9.17, 15) is 9.59 Å². The van der Waals surface area contributed by atoms with E-state index in [1.54, 1.807) is 0 Å². The van der Waals surface area contributed by atoms with Crippen LogP contribution in [0.2, 0.25) is 0 Å². The van der Waals surface area contributed by atoms with E-state index in [1.807, 2.05) is 30.7 Å². The first-order chi connectivity index (χ1) is 17.7. The lowest BCUT2D eigenvalue weighted by Crippen LogP contribution is -2.17. The summed E-state index contributed by atoms with van der Waals surface area (Å²) in [4.78, 5) is 26.5. The van der Waals surface area contributed by atoms with Crippen LogP contribution in [-0.4, -0.2) is 39.5 Å². The Balaban J connectivity index is 1.39. The van der Waals surface area contributed by atoms with Gasteiger partial charge in [0.1, 0.15) is 10.8 Å². The van der Waals surface area contributed by atoms with Crippen LogP contribution in [-0.2, 0) is 29.4 Å². The number of esters is 1. The lowest BCUT2D eigenvalue weighted by molar-refractivity contribution is -0.113. The van der Waals surface area contributed by atoms with Gasteiger partial charge >= 0.3 is 5.97 Å². The lowest BCUT2D eigenvalue weighted by Gasteiger charge is -2.18. The Bertz CT molecular complexity index is 1270. The number of nitrogens with zero attached hydrogens (tertiary/aromatic N) is 3. The highest BCUT2D eigenvalue weighted by molar-refractivity contribution is 7.99. The van der Waals surface area contributed by atoms with E-state index >= 15 is 0 Å². The maximum Gasteiger partial charge on any atom is 0.341 e. The summed E-state index contributed by atoms with van der Waals surface area (Å²) in [5.41, 5.74) is 2.77. The molecule has 1 aliphatic rings. The SMILES string of the molecule is COC(=O)c1c(NC(=O)CSc2nnc(C(C)Oc3ccc(C(C)C)cc3)n2C)sc2c1CCC(C)C2. The summed E-state index contributed by atoms with van der Waals surface area (Å²) >= 11 is 2.77. The number of fused-ring (bicyclic) bond motifs is 1. The summed E-state index contributed by atoms with van der Waals surface area (Å²) in [6.07, 6.45) is 2.45. The molecule has 2 heterocycles. The molecular weight excluding hydrogens is 508 g/mol. The minimum absolute atomic E-state index is 0.136. The summed E-state index contributed by atoms with van der Waals surface area (Å²) in [5, 5.41) is 12.7. The Hall–Kier alpha value is -2.85. The number of thioether (sulfide) groups is 1. The molecule has 37 heavy (non-hydrogen) atoms. The molecular formula is C27H34N4O4S2. The number of ether oxygens (including phenoxy) is 2. The van der Waals surface area contributed by atoms with E-state index in [0.717, 1.165) is 35.5 Å². The summed E-state index contributed by atoms with van der Waals surface area (Å²) in [6, 6.07) is 8.07. The van der Waals surface area contributed by atoms with Crippen molar-refractivity contribution in [1.29, 1.82) is 0 Å². The quantitative estimate of drug-likeness (QED) is 0.270. The third-order valence-corrected chi connectivity index (χ3v) is 8.77. The van der Waals surface area contributed by atoms with Crippen LogP contribution in [0.15, 0.2) is 29.4 Å². The number of carbonyl (C=O) groups excluding carboxylic acids is 2. The van der Waals surface area contributed by atoms with E-state index in [1.165, 1.54) is 35.8 Å². The summed E-state index contributed by atoms with van der Waals surface area (Å²) in [5.74, 6) is 1.99. The molecule has 0 spiro atoms. The van der Waals surface area contributed by atoms with Crippen molar-refractivity contribution in [3.63, 3.8) is 0 Å². The van der Waals surface area contributed by atoms with E-state index in [4.69, 9.17) is 9.47 Å². The molecule has 2 aromatic heterocycles. The summed E-state index contributed by atoms with van der Waals surface area (Å²) in [7, 11) is 3.23. The Kier molecular flexibility index (Phi) is 8.59. The molecule has 0 bridgehead atoms. The highest BCUT2D eigenvalue weighted by Gasteiger charge is 2.29. The first-order valence-electron chi connectivity index (χ1n) is 12.5. The van der Waals surface area contributed by atoms with E-state index in [0.29, 0.717) is 33.4 Å². The fraction of sp³-hybridized carbons (Fsp3) is 0.481. The number of methoxy groups -OCH3 is 1. The number of amides is 1. The molecule has 0 aliphatic heterocycles. The first-order valence-corrected chi connectivity index (χ1v) is 14.3. The third-order valence-electron chi connectivity index (χ3n) is 6.58. The first kappa shape index (κ1) is 27.2. The molecule has 1 aromatic carbocycles. The smallest absolute Gasteiger partial charge is 0.341 e. The van der Waals surface area contributed by atoms with E-state index < -0.39 is 5.97 Å². The second-order valence-corrected chi connectivity index (χ2v) is 11.8. The minimum Gasteiger partial charge on any atom is -0.483 e. The Morgan fingerprint density at radius 2 is 1.95 bits per heavy atom. The molecule has 4 rings (SSSR count). The van der Waals surface area contributed by atoms with Crippen LogP contribution in [0.5, 0.6) is 5.75 Å². The van der Waals surface area contributed by atoms with Crippen LogP contribution in [0.1, 0.15) is 78.3 Å². The molecule has 0 saturated carbocycles. The van der Waals surface area contributed by atoms with Crippen LogP contribution < -0.4 is 10.1 Å². The topological polar surface area (TPSA) is 95.3 Å². The van der Waals surface area contributed by atoms with Crippen LogP contribution in [0.3, 0.4) is 0 Å². The highest BCUT2D eigenvalue weighted by Crippen LogP contribution is 2.40. The second-order valence-electron chi connectivity index (χ2n) is 9.77. The zero-order chi connectivity index (χ0) is 26.7. The fourth-order valence-electron chi connectivity index (χ4n) is 4.44. The van der Waals surface area contributed by atoms with Gasteiger partial charge in [0.25, 0.3) is 0 Å². The molecule has 198 valence electrons. The summed E-state index contributed by atoms with van der Waals surface area (Å²) in [6.45, 7) is 8.45. The number of benzene rings is 1. The maximum atomic E-state index is 12.8. The second kappa shape index (κ2) is 11.7. The van der Waals surface area contributed by atoms with Gasteiger partial charge in [-0.25, -0.2) is 4.79 Å². The number of aromatic nitrogens is 3. The van der Waals surface area contributed by atoms with Crippen molar-refractivity contribution in [2.75, 3.05) is 18.2 Å². The van der Waals surface area contributed by atoms with Crippen molar-refractivity contribution in [2.45, 2.75) is 64.1 Å². The van der Waals surface area contributed by atoms with Gasteiger partial charge in [0.15, 0.2) is 17.1 Å². The molecule has 0 radical (unpaired) electrons. The number of rotatable bonds is 9. The van der Waals surface area contributed by atoms with Crippen molar-refractivity contribution >= 4 is 40.0 Å². The Morgan fingerprint density at radius 1 is 1.22 bits per heavy atom. The number of anilines is 1. The van der Waals surface area contributed by atoms with Crippen molar-refractivity contribution < 1.29 is 19.1 Å². The van der Waals surface area contributed by atoms with Crippen molar-refractivity contribution in [3.05, 3.63) is 51.7 Å². The Morgan fingerprint density at radius 3 is 2.62 bits per heavy atom. The molecule has 0 fully saturated rings. The van der Waals surface area contributed by atoms with Crippen LogP contribution in [0.25, 0.3) is 0 Å². The highest BCUT2D eigenvalue weighted by atomic mass is 32.2. The van der Waals surface area contributed by atoms with Gasteiger partial charge in [0.2, 0.25) is 5.91 Å². The van der Waals surface area contributed by atoms with Gasteiger partial charge in [-0.2, -0.15) is 0 Å². The molecule has 8 nitrogen and oxygen atoms in total. The van der Waals surface area contributed by atoms with Gasteiger partial charge in [-0.3, -0.25) is 4.79 Å². The van der Waals surface area contributed by atoms with Crippen LogP contribution >= 0.6 is 23.1 Å². The third kappa shape index (κ3) is 6.18. The zero-order valence-electron chi connectivity index (χ0n) is 22.2. The average Bonchev–Trinajstić information content (AvgIpc) is 3.41. The molecule has 2 unspecified atom stereocenters. The maximum absolute atomic E-state index is 12.8. The molecule has 2 atom stereocenters. The molecule has 10 heteroatoms. The number of nitrogens with one attached hydrogen (secondary N) is 1. The largest absolute Gasteiger partial charge is 0.483 e. The number of carbonyl (C=O) groups is 2. The van der Waals surface area contributed by atoms with E-state index in [2.05, 4.69) is 48.4 Å². The van der Waals surface area contributed by atoms with Crippen LogP contribution in [0.4, 0.5) is 5.00 Å². The van der Waals surface area contributed by atoms with Gasteiger partial charge in [-0.1, -0.05) is 44.7 Å². The van der Waals surface area contributed by atoms with Crippen LogP contribution in [0, 0.1) is 5.92 Å². The standard InChI is InChI=1S/C27H34N4O4S2/c1-15(2)18-8-10-19(11-9-18)35-17(4)24-29-30-27(31(24)5)36-14-22(32)28-25-23(26(33)34-6)20-12-7-16(3)13-21(20)37-25/h8-11,15-17H,7,12-14H2,1-6H3,(H,28,32). The van der Waals surface area contributed by atoms with Gasteiger partial charge < -0.3 is 19.4 Å². The lowest BCUT2D eigenvalue weighted by atomic mass is 9.88. The van der Waals surface area contributed by atoms with Crippen molar-refractivity contribution in [3.8, 4) is 5.75 Å². The van der Waals surface area contributed by atoms with Gasteiger partial charge in [-0.05, 0) is 61.3 Å². The number of hydrogen-bond acceptors (Lipinski definition) is 8. The molecule has 1 aliphatic carbocycles. The molecule has 3 aromatic rings. The Labute approximate surface area is 226 Å². The minimum atomic E-state index is -0.402. The van der Waals surface area contributed by atoms with Gasteiger partial charge in [0, 0.05) is 11.9 Å². The molecule has 1 amide bonds. The summed E-state index contributed by atoms with van der Waals surface area (Å²) < 4.78 is 12.9. The number of hydrogen-bond donors (Lipinski definition) is 1. The number of thiophene rings is 1. The normalized spacial score (nSPS) is 15.8. The predicted octanol–water partition coefficient (Wildman–Crippen LogP) is 5.78. The fourth-order valence-corrected chi connectivity index (χ4v) is 6.58. The average molecular weight is 543 g/mol. The van der Waals surface area contributed by atoms with E-state index in [-0.39, 0.29) is 17.8 Å². The van der Waals surface area contributed by atoms with Gasteiger partial charge in [0.05, 0.1) is 18.4 Å². The van der Waals surface area contributed by atoms with Crippen molar-refractivity contribution in [2.24, 2.45) is 13.0 Å². The van der Waals surface area contributed by atoms with Crippen molar-refractivity contribution in [1.82, 2.24) is 14.8 Å².